The van der Waals surface area contributed by atoms with E-state index < -0.39 is 0 Å². The van der Waals surface area contributed by atoms with Gasteiger partial charge in [0.05, 0.1) is 12.7 Å². The maximum Gasteiger partial charge on any atom is 0.271 e. The zero-order valence-corrected chi connectivity index (χ0v) is 13.4. The molecule has 2 aliphatic rings. The number of thiazole rings is 1. The minimum Gasteiger partial charge on any atom is -0.396 e. The Kier molecular flexibility index (Phi) is 4.92. The number of carbonyl (C=O) groups is 1. The molecular formula is C14H22N4O3S. The lowest BCUT2D eigenvalue weighted by atomic mass is 10.1. The zero-order valence-electron chi connectivity index (χ0n) is 12.6. The second kappa shape index (κ2) is 6.91. The molecule has 2 aliphatic heterocycles. The number of anilines is 1. The monoisotopic (exact) mass is 326 g/mol. The number of aromatic nitrogens is 1. The fourth-order valence-electron chi connectivity index (χ4n) is 3.12. The van der Waals surface area contributed by atoms with Gasteiger partial charge in [0.1, 0.15) is 5.69 Å². The lowest BCUT2D eigenvalue weighted by Crippen LogP contribution is -2.46. The molecule has 22 heavy (non-hydrogen) atoms. The molecule has 3 rings (SSSR count). The number of carbonyl (C=O) groups excluding carboxylic acids is 1. The molecule has 0 spiro atoms. The average molecular weight is 326 g/mol. The van der Waals surface area contributed by atoms with Crippen LogP contribution in [0.3, 0.4) is 0 Å². The van der Waals surface area contributed by atoms with E-state index in [1.807, 2.05) is 0 Å². The second-order valence-electron chi connectivity index (χ2n) is 5.77. The van der Waals surface area contributed by atoms with Gasteiger partial charge in [0, 0.05) is 44.2 Å². The molecule has 0 aromatic carbocycles. The van der Waals surface area contributed by atoms with Crippen molar-refractivity contribution in [1.82, 2.24) is 15.2 Å². The van der Waals surface area contributed by atoms with Crippen molar-refractivity contribution in [3.63, 3.8) is 0 Å². The van der Waals surface area contributed by atoms with Gasteiger partial charge in [-0.2, -0.15) is 0 Å². The van der Waals surface area contributed by atoms with Crippen LogP contribution in [0, 0.1) is 0 Å². The Balaban J connectivity index is 1.53. The summed E-state index contributed by atoms with van der Waals surface area (Å²) in [5.41, 5.74) is 0.466. The van der Waals surface area contributed by atoms with Gasteiger partial charge in [-0.15, -0.1) is 11.3 Å². The fourth-order valence-corrected chi connectivity index (χ4v) is 3.77. The van der Waals surface area contributed by atoms with E-state index in [-0.39, 0.29) is 24.7 Å². The van der Waals surface area contributed by atoms with E-state index in [0.29, 0.717) is 24.8 Å². The molecule has 3 heterocycles. The first-order chi connectivity index (χ1) is 10.7. The predicted octanol–water partition coefficient (Wildman–Crippen LogP) is 0.139. The van der Waals surface area contributed by atoms with Crippen LogP contribution in [0.5, 0.6) is 0 Å². The molecule has 2 saturated heterocycles. The Morgan fingerprint density at radius 3 is 3.18 bits per heavy atom. The molecule has 1 amide bonds. The summed E-state index contributed by atoms with van der Waals surface area (Å²) in [6.45, 7) is 2.50. The number of nitrogens with zero attached hydrogens (tertiary/aromatic N) is 2. The molecule has 0 saturated carbocycles. The fraction of sp³-hybridized carbons (Fsp3) is 0.714. The van der Waals surface area contributed by atoms with Gasteiger partial charge in [0.15, 0.2) is 5.13 Å². The maximum atomic E-state index is 12.2. The first-order valence-electron chi connectivity index (χ1n) is 7.60. The van der Waals surface area contributed by atoms with E-state index in [0.717, 1.165) is 24.6 Å². The lowest BCUT2D eigenvalue weighted by molar-refractivity contribution is -0.0566. The molecular weight excluding hydrogens is 304 g/mol. The number of nitrogens with one attached hydrogen (secondary N) is 2. The van der Waals surface area contributed by atoms with Crippen molar-refractivity contribution < 1.29 is 14.6 Å². The lowest BCUT2D eigenvalue weighted by Gasteiger charge is -2.34. The minimum atomic E-state index is -0.115. The van der Waals surface area contributed by atoms with Crippen LogP contribution in [-0.2, 0) is 4.74 Å². The van der Waals surface area contributed by atoms with Crippen molar-refractivity contribution in [2.75, 3.05) is 38.7 Å². The summed E-state index contributed by atoms with van der Waals surface area (Å²) in [4.78, 5) is 18.8. The van der Waals surface area contributed by atoms with E-state index in [1.54, 1.807) is 12.4 Å². The van der Waals surface area contributed by atoms with Gasteiger partial charge >= 0.3 is 0 Å². The Labute approximate surface area is 133 Å². The summed E-state index contributed by atoms with van der Waals surface area (Å²) in [6.07, 6.45) is 1.68. The highest BCUT2D eigenvalue weighted by atomic mass is 32.1. The molecule has 7 nitrogen and oxygen atoms in total. The summed E-state index contributed by atoms with van der Waals surface area (Å²) in [7, 11) is 1.79. The Morgan fingerprint density at radius 1 is 1.59 bits per heavy atom. The Morgan fingerprint density at radius 2 is 2.45 bits per heavy atom. The van der Waals surface area contributed by atoms with Crippen LogP contribution >= 0.6 is 11.3 Å². The third kappa shape index (κ3) is 3.40. The molecule has 8 heteroatoms. The van der Waals surface area contributed by atoms with Crippen LogP contribution in [0.15, 0.2) is 5.38 Å². The number of aliphatic hydroxyl groups excluding tert-OH is 1. The number of amides is 1. The van der Waals surface area contributed by atoms with Crippen molar-refractivity contribution in [3.8, 4) is 0 Å². The highest BCUT2D eigenvalue weighted by Gasteiger charge is 2.37. The topological polar surface area (TPSA) is 86.7 Å². The summed E-state index contributed by atoms with van der Waals surface area (Å²) in [6, 6.07) is 0.497. The second-order valence-corrected chi connectivity index (χ2v) is 6.63. The Bertz CT molecular complexity index is 524. The van der Waals surface area contributed by atoms with Gasteiger partial charge in [-0.3, -0.25) is 9.69 Å². The van der Waals surface area contributed by atoms with E-state index in [4.69, 9.17) is 9.84 Å². The molecule has 0 bridgehead atoms. The number of hydrogen-bond acceptors (Lipinski definition) is 7. The largest absolute Gasteiger partial charge is 0.396 e. The number of ether oxygens (including phenoxy) is 1. The number of aliphatic hydroxyl groups is 1. The SMILES string of the molecule is CNc1nc(C(=O)N[C@@H]2C[C@H]3CO[C@@H](CCO)CN3C2)cs1. The minimum absolute atomic E-state index is 0.104. The first kappa shape index (κ1) is 15.7. The standard InChI is InChI=1S/C14H22N4O3S/c1-15-14-17-12(8-22-14)13(20)16-9-4-10-7-21-11(2-3-19)6-18(10)5-9/h8-11,19H,2-7H2,1H3,(H,15,17)(H,16,20)/t9-,10+,11+/m1/s1. The molecule has 1 aromatic heterocycles. The molecule has 1 aromatic rings. The van der Waals surface area contributed by atoms with Crippen molar-refractivity contribution in [3.05, 3.63) is 11.1 Å². The van der Waals surface area contributed by atoms with E-state index >= 15 is 0 Å². The molecule has 0 radical (unpaired) electrons. The zero-order chi connectivity index (χ0) is 15.5. The van der Waals surface area contributed by atoms with Crippen LogP contribution in [-0.4, -0.2) is 72.4 Å². The quantitative estimate of drug-likeness (QED) is 0.713. The highest BCUT2D eigenvalue weighted by Crippen LogP contribution is 2.24. The van der Waals surface area contributed by atoms with Gasteiger partial charge < -0.3 is 20.5 Å². The van der Waals surface area contributed by atoms with Crippen LogP contribution in [0.25, 0.3) is 0 Å². The summed E-state index contributed by atoms with van der Waals surface area (Å²) >= 11 is 1.42. The van der Waals surface area contributed by atoms with Gasteiger partial charge in [-0.05, 0) is 12.8 Å². The van der Waals surface area contributed by atoms with Gasteiger partial charge in [0.25, 0.3) is 5.91 Å². The van der Waals surface area contributed by atoms with Crippen molar-refractivity contribution in [2.24, 2.45) is 0 Å². The van der Waals surface area contributed by atoms with Gasteiger partial charge in [-0.1, -0.05) is 0 Å². The van der Waals surface area contributed by atoms with Crippen LogP contribution in [0.2, 0.25) is 0 Å². The molecule has 3 N–H and O–H groups in total. The van der Waals surface area contributed by atoms with E-state index in [9.17, 15) is 4.79 Å². The van der Waals surface area contributed by atoms with E-state index in [2.05, 4.69) is 20.5 Å². The summed E-state index contributed by atoms with van der Waals surface area (Å²) < 4.78 is 5.75. The number of hydrogen-bond donors (Lipinski definition) is 3. The maximum absolute atomic E-state index is 12.2. The highest BCUT2D eigenvalue weighted by molar-refractivity contribution is 7.13. The van der Waals surface area contributed by atoms with Crippen molar-refractivity contribution in [1.29, 1.82) is 0 Å². The van der Waals surface area contributed by atoms with Gasteiger partial charge in [0.2, 0.25) is 0 Å². The van der Waals surface area contributed by atoms with Crippen LogP contribution in [0.4, 0.5) is 5.13 Å². The predicted molar refractivity (Wildman–Crippen MR) is 84.3 cm³/mol. The third-order valence-electron chi connectivity index (χ3n) is 4.23. The number of fused-ring (bicyclic) bond motifs is 1. The third-order valence-corrected chi connectivity index (χ3v) is 5.09. The first-order valence-corrected chi connectivity index (χ1v) is 8.48. The van der Waals surface area contributed by atoms with Crippen LogP contribution < -0.4 is 10.6 Å². The smallest absolute Gasteiger partial charge is 0.271 e. The number of rotatable bonds is 5. The molecule has 0 unspecified atom stereocenters. The van der Waals surface area contributed by atoms with Crippen molar-refractivity contribution in [2.45, 2.75) is 31.0 Å². The number of morpholine rings is 1. The molecule has 0 aliphatic carbocycles. The molecule has 2 fully saturated rings. The Hall–Kier alpha value is -1.22. The summed E-state index contributed by atoms with van der Waals surface area (Å²) in [5, 5.41) is 17.5. The molecule has 3 atom stereocenters. The average Bonchev–Trinajstić information content (AvgIpc) is 3.12. The normalized spacial score (nSPS) is 28.4. The van der Waals surface area contributed by atoms with E-state index in [1.165, 1.54) is 11.3 Å². The van der Waals surface area contributed by atoms with Gasteiger partial charge in [-0.25, -0.2) is 4.98 Å². The van der Waals surface area contributed by atoms with Crippen molar-refractivity contribution >= 4 is 22.4 Å². The molecule has 122 valence electrons. The van der Waals surface area contributed by atoms with Crippen LogP contribution in [0.1, 0.15) is 23.3 Å². The summed E-state index contributed by atoms with van der Waals surface area (Å²) in [5.74, 6) is -0.115.